The molecule has 0 saturated carbocycles. The molecule has 0 heterocycles. The lowest BCUT2D eigenvalue weighted by Crippen LogP contribution is -1.95. The lowest BCUT2D eigenvalue weighted by Gasteiger charge is -2.13. The second-order valence-corrected chi connectivity index (χ2v) is 4.28. The topological polar surface area (TPSA) is 55.8 Å². The molecule has 0 aliphatic heterocycles. The molecule has 0 saturated heterocycles. The van der Waals surface area contributed by atoms with Crippen LogP contribution in [0.1, 0.15) is 25.3 Å². The van der Waals surface area contributed by atoms with E-state index in [1.807, 2.05) is 6.92 Å². The van der Waals surface area contributed by atoms with Crippen molar-refractivity contribution in [3.05, 3.63) is 28.8 Å². The van der Waals surface area contributed by atoms with Crippen LogP contribution in [0.3, 0.4) is 0 Å². The van der Waals surface area contributed by atoms with Gasteiger partial charge in [0.25, 0.3) is 0 Å². The van der Waals surface area contributed by atoms with E-state index in [2.05, 4.69) is 0 Å². The molecule has 0 aromatic heterocycles. The van der Waals surface area contributed by atoms with Crippen LogP contribution in [0, 0.1) is 0 Å². The lowest BCUT2D eigenvalue weighted by molar-refractivity contribution is -0.135. The Hall–Kier alpha value is -1.68. The van der Waals surface area contributed by atoms with Crippen LogP contribution in [0.2, 0.25) is 5.02 Å². The molecular weight excluding hydrogens is 268 g/mol. The molecule has 4 nitrogen and oxygen atoms in total. The number of ether oxygens (including phenoxy) is 2. The second kappa shape index (κ2) is 7.04. The van der Waals surface area contributed by atoms with Gasteiger partial charge in [-0.25, -0.2) is 0 Å². The summed E-state index contributed by atoms with van der Waals surface area (Å²) in [5.74, 6) is 0.240. The smallest absolute Gasteiger partial charge is 0.307 e. The summed E-state index contributed by atoms with van der Waals surface area (Å²) >= 11 is 6.20. The molecule has 0 atom stereocenters. The van der Waals surface area contributed by atoms with Gasteiger partial charge in [-0.1, -0.05) is 24.6 Å². The maximum Gasteiger partial charge on any atom is 0.307 e. The Kier molecular flexibility index (Phi) is 5.70. The van der Waals surface area contributed by atoms with Crippen molar-refractivity contribution in [2.45, 2.75) is 19.8 Å². The molecule has 0 bridgehead atoms. The summed E-state index contributed by atoms with van der Waals surface area (Å²) in [7, 11) is 3.08. The van der Waals surface area contributed by atoms with E-state index >= 15 is 0 Å². The third-order valence-corrected chi connectivity index (χ3v) is 3.04. The van der Waals surface area contributed by atoms with Crippen LogP contribution >= 0.6 is 11.6 Å². The lowest BCUT2D eigenvalue weighted by atomic mass is 10.0. The summed E-state index contributed by atoms with van der Waals surface area (Å²) in [6, 6.07) is 3.43. The Bertz CT molecular complexity index is 494. The first-order valence-electron chi connectivity index (χ1n) is 5.86. The number of hydrogen-bond donors (Lipinski definition) is 1. The van der Waals surface area contributed by atoms with Gasteiger partial charge >= 0.3 is 5.97 Å². The molecule has 1 aromatic carbocycles. The van der Waals surface area contributed by atoms with Gasteiger partial charge in [-0.05, 0) is 23.6 Å². The number of carboxylic acids is 1. The zero-order chi connectivity index (χ0) is 14.4. The molecule has 0 radical (unpaired) electrons. The van der Waals surface area contributed by atoms with Crippen molar-refractivity contribution in [1.29, 1.82) is 0 Å². The van der Waals surface area contributed by atoms with Gasteiger partial charge < -0.3 is 14.6 Å². The minimum atomic E-state index is -0.873. The van der Waals surface area contributed by atoms with E-state index in [0.29, 0.717) is 22.9 Å². The molecule has 0 aliphatic rings. The molecule has 104 valence electrons. The molecule has 1 N–H and O–H groups in total. The summed E-state index contributed by atoms with van der Waals surface area (Å²) < 4.78 is 10.4. The highest BCUT2D eigenvalue weighted by Crippen LogP contribution is 2.37. The van der Waals surface area contributed by atoms with Crippen molar-refractivity contribution >= 4 is 23.1 Å². The van der Waals surface area contributed by atoms with Gasteiger partial charge in [0.2, 0.25) is 0 Å². The number of carboxylic acid groups (broad SMARTS) is 1. The average Bonchev–Trinajstić information content (AvgIpc) is 2.40. The van der Waals surface area contributed by atoms with Gasteiger partial charge in [0.05, 0.1) is 25.7 Å². The highest BCUT2D eigenvalue weighted by atomic mass is 35.5. The predicted molar refractivity (Wildman–Crippen MR) is 75.1 cm³/mol. The van der Waals surface area contributed by atoms with E-state index < -0.39 is 5.97 Å². The number of aliphatic carboxylic acids is 1. The second-order valence-electron chi connectivity index (χ2n) is 3.87. The van der Waals surface area contributed by atoms with Crippen LogP contribution in [0.5, 0.6) is 11.5 Å². The maximum atomic E-state index is 10.6. The number of allylic oxidation sites excluding steroid dienone is 1. The average molecular weight is 285 g/mol. The fourth-order valence-electron chi connectivity index (χ4n) is 1.76. The van der Waals surface area contributed by atoms with E-state index in [4.69, 9.17) is 26.2 Å². The van der Waals surface area contributed by atoms with Crippen molar-refractivity contribution < 1.29 is 19.4 Å². The van der Waals surface area contributed by atoms with E-state index in [1.54, 1.807) is 25.3 Å². The Labute approximate surface area is 117 Å². The Morgan fingerprint density at radius 2 is 1.89 bits per heavy atom. The van der Waals surface area contributed by atoms with Gasteiger partial charge in [-0.3, -0.25) is 4.79 Å². The van der Waals surface area contributed by atoms with Gasteiger partial charge in [0, 0.05) is 6.07 Å². The number of halogens is 1. The van der Waals surface area contributed by atoms with E-state index in [0.717, 1.165) is 11.1 Å². The highest BCUT2D eigenvalue weighted by molar-refractivity contribution is 6.32. The number of hydrogen-bond acceptors (Lipinski definition) is 3. The van der Waals surface area contributed by atoms with Crippen LogP contribution < -0.4 is 9.47 Å². The summed E-state index contributed by atoms with van der Waals surface area (Å²) in [5, 5.41) is 9.25. The third kappa shape index (κ3) is 3.89. The first-order chi connectivity index (χ1) is 9.03. The fourth-order valence-corrected chi connectivity index (χ4v) is 2.03. The molecule has 0 unspecified atom stereocenters. The molecular formula is C14H17ClO4. The Morgan fingerprint density at radius 3 is 2.37 bits per heavy atom. The van der Waals surface area contributed by atoms with Gasteiger partial charge in [0.1, 0.15) is 0 Å². The summed E-state index contributed by atoms with van der Waals surface area (Å²) in [6.07, 6.45) is 2.31. The molecule has 0 fully saturated rings. The molecule has 0 aliphatic carbocycles. The number of benzene rings is 1. The number of methoxy groups -OCH3 is 2. The molecule has 1 rings (SSSR count). The van der Waals surface area contributed by atoms with Crippen LogP contribution in [0.25, 0.3) is 5.57 Å². The predicted octanol–water partition coefficient (Wildman–Crippen LogP) is 3.63. The van der Waals surface area contributed by atoms with Crippen molar-refractivity contribution in [2.24, 2.45) is 0 Å². The monoisotopic (exact) mass is 284 g/mol. The van der Waals surface area contributed by atoms with Gasteiger partial charge in [0.15, 0.2) is 11.5 Å². The normalized spacial score (nSPS) is 11.3. The summed E-state index contributed by atoms with van der Waals surface area (Å²) in [5.41, 5.74) is 1.64. The summed E-state index contributed by atoms with van der Waals surface area (Å²) in [6.45, 7) is 1.95. The fraction of sp³-hybridized carbons (Fsp3) is 0.357. The van der Waals surface area contributed by atoms with Gasteiger partial charge in [-0.15, -0.1) is 0 Å². The Balaban J connectivity index is 3.24. The minimum Gasteiger partial charge on any atom is -0.493 e. The van der Waals surface area contributed by atoms with Crippen LogP contribution in [0.4, 0.5) is 0 Å². The number of carbonyl (C=O) groups is 1. The molecule has 19 heavy (non-hydrogen) atoms. The highest BCUT2D eigenvalue weighted by Gasteiger charge is 2.12. The van der Waals surface area contributed by atoms with Crippen molar-refractivity contribution in [3.63, 3.8) is 0 Å². The summed E-state index contributed by atoms with van der Waals surface area (Å²) in [4.78, 5) is 10.6. The van der Waals surface area contributed by atoms with E-state index in [9.17, 15) is 4.79 Å². The third-order valence-electron chi connectivity index (χ3n) is 2.72. The molecule has 0 spiro atoms. The van der Waals surface area contributed by atoms with Crippen molar-refractivity contribution in [1.82, 2.24) is 0 Å². The maximum absolute atomic E-state index is 10.6. The molecule has 5 heteroatoms. The van der Waals surface area contributed by atoms with Crippen LogP contribution in [-0.2, 0) is 4.79 Å². The zero-order valence-corrected chi connectivity index (χ0v) is 12.0. The zero-order valence-electron chi connectivity index (χ0n) is 11.2. The quantitative estimate of drug-likeness (QED) is 0.867. The van der Waals surface area contributed by atoms with E-state index in [1.165, 1.54) is 7.11 Å². The first-order valence-corrected chi connectivity index (χ1v) is 6.24. The SMILES string of the molecule is CC/C(=C\CC(=O)O)c1cc(OC)c(OC)cc1Cl. The largest absolute Gasteiger partial charge is 0.493 e. The van der Waals surface area contributed by atoms with Crippen molar-refractivity contribution in [2.75, 3.05) is 14.2 Å². The van der Waals surface area contributed by atoms with Crippen LogP contribution in [-0.4, -0.2) is 25.3 Å². The number of rotatable bonds is 6. The van der Waals surface area contributed by atoms with Crippen LogP contribution in [0.15, 0.2) is 18.2 Å². The Morgan fingerprint density at radius 1 is 1.32 bits per heavy atom. The minimum absolute atomic E-state index is 0.0339. The van der Waals surface area contributed by atoms with Crippen molar-refractivity contribution in [3.8, 4) is 11.5 Å². The van der Waals surface area contributed by atoms with Gasteiger partial charge in [-0.2, -0.15) is 0 Å². The molecule has 1 aromatic rings. The standard InChI is InChI=1S/C14H17ClO4/c1-4-9(5-6-14(16)17)10-7-12(18-2)13(19-3)8-11(10)15/h5,7-8H,4,6H2,1-3H3,(H,16,17)/b9-5+. The van der Waals surface area contributed by atoms with E-state index in [-0.39, 0.29) is 6.42 Å². The molecule has 0 amide bonds. The first kappa shape index (κ1) is 15.4.